The number of aryl methyl sites for hydroxylation is 1. The molecule has 1 aromatic rings. The summed E-state index contributed by atoms with van der Waals surface area (Å²) in [6.45, 7) is 4.03. The monoisotopic (exact) mass is 183 g/mol. The van der Waals surface area contributed by atoms with Crippen LogP contribution in [0.3, 0.4) is 0 Å². The molecule has 2 rings (SSSR count). The molecule has 2 heterocycles. The number of rotatable bonds is 1. The smallest absolute Gasteiger partial charge is 0.222 e. The second kappa shape index (κ2) is 2.99. The summed E-state index contributed by atoms with van der Waals surface area (Å²) >= 11 is 5.70. The Hall–Kier alpha value is -0.670. The van der Waals surface area contributed by atoms with Crippen LogP contribution >= 0.6 is 11.6 Å². The van der Waals surface area contributed by atoms with Crippen LogP contribution < -0.4 is 5.32 Å². The van der Waals surface area contributed by atoms with Crippen molar-refractivity contribution in [1.29, 1.82) is 0 Å². The van der Waals surface area contributed by atoms with Crippen LogP contribution in [0, 0.1) is 6.92 Å². The fourth-order valence-electron chi connectivity index (χ4n) is 1.33. The highest BCUT2D eigenvalue weighted by Crippen LogP contribution is 2.21. The highest BCUT2D eigenvalue weighted by molar-refractivity contribution is 6.28. The second-order valence-electron chi connectivity index (χ2n) is 3.06. The van der Waals surface area contributed by atoms with Gasteiger partial charge in [-0.05, 0) is 24.1 Å². The van der Waals surface area contributed by atoms with Crippen LogP contribution in [0.4, 0.5) is 0 Å². The lowest BCUT2D eigenvalue weighted by Gasteiger charge is -2.27. The van der Waals surface area contributed by atoms with Gasteiger partial charge in [-0.25, -0.2) is 9.97 Å². The van der Waals surface area contributed by atoms with Gasteiger partial charge in [-0.1, -0.05) is 0 Å². The van der Waals surface area contributed by atoms with Crippen LogP contribution in [-0.2, 0) is 0 Å². The summed E-state index contributed by atoms with van der Waals surface area (Å²) in [5, 5.41) is 3.55. The zero-order valence-electron chi connectivity index (χ0n) is 6.84. The van der Waals surface area contributed by atoms with Crippen molar-refractivity contribution in [2.75, 3.05) is 13.1 Å². The molecule has 1 aliphatic heterocycles. The topological polar surface area (TPSA) is 37.8 Å². The number of nitrogens with one attached hydrogen (secondary N) is 1. The molecule has 0 aromatic carbocycles. The molecular formula is C8H10ClN3. The molecule has 0 amide bonds. The quantitative estimate of drug-likeness (QED) is 0.664. The van der Waals surface area contributed by atoms with Gasteiger partial charge in [0.1, 0.15) is 0 Å². The van der Waals surface area contributed by atoms with Gasteiger partial charge in [0.2, 0.25) is 5.28 Å². The molecule has 1 aromatic heterocycles. The largest absolute Gasteiger partial charge is 0.315 e. The van der Waals surface area contributed by atoms with Crippen LogP contribution in [0.15, 0.2) is 6.20 Å². The lowest BCUT2D eigenvalue weighted by molar-refractivity contribution is 0.437. The highest BCUT2D eigenvalue weighted by Gasteiger charge is 2.22. The van der Waals surface area contributed by atoms with Crippen molar-refractivity contribution < 1.29 is 0 Å². The van der Waals surface area contributed by atoms with Gasteiger partial charge in [0, 0.05) is 25.2 Å². The summed E-state index contributed by atoms with van der Waals surface area (Å²) in [5.74, 6) is 0.533. The van der Waals surface area contributed by atoms with E-state index < -0.39 is 0 Å². The lowest BCUT2D eigenvalue weighted by Crippen LogP contribution is -2.40. The molecule has 1 fully saturated rings. The molecule has 0 radical (unpaired) electrons. The predicted octanol–water partition coefficient (Wildman–Crippen LogP) is 1.13. The van der Waals surface area contributed by atoms with Gasteiger partial charge >= 0.3 is 0 Å². The van der Waals surface area contributed by atoms with E-state index in [4.69, 9.17) is 11.6 Å². The van der Waals surface area contributed by atoms with Crippen molar-refractivity contribution in [3.05, 3.63) is 22.7 Å². The van der Waals surface area contributed by atoms with Crippen LogP contribution in [0.2, 0.25) is 5.28 Å². The van der Waals surface area contributed by atoms with Crippen molar-refractivity contribution in [2.24, 2.45) is 0 Å². The molecule has 0 aliphatic carbocycles. The Morgan fingerprint density at radius 3 is 2.92 bits per heavy atom. The van der Waals surface area contributed by atoms with Crippen molar-refractivity contribution >= 4 is 11.6 Å². The van der Waals surface area contributed by atoms with E-state index in [1.807, 2.05) is 6.92 Å². The van der Waals surface area contributed by atoms with Gasteiger partial charge in [0.25, 0.3) is 0 Å². The Bertz CT molecular complexity index is 296. The molecule has 0 spiro atoms. The first-order valence-electron chi connectivity index (χ1n) is 3.97. The van der Waals surface area contributed by atoms with E-state index in [2.05, 4.69) is 15.3 Å². The highest BCUT2D eigenvalue weighted by atomic mass is 35.5. The predicted molar refractivity (Wildman–Crippen MR) is 47.4 cm³/mol. The number of halogens is 1. The minimum Gasteiger partial charge on any atom is -0.315 e. The van der Waals surface area contributed by atoms with Gasteiger partial charge < -0.3 is 5.32 Å². The Labute approximate surface area is 76.2 Å². The van der Waals surface area contributed by atoms with Gasteiger partial charge in [-0.3, -0.25) is 0 Å². The van der Waals surface area contributed by atoms with Crippen LogP contribution in [0.25, 0.3) is 0 Å². The third-order valence-electron chi connectivity index (χ3n) is 2.15. The average molecular weight is 184 g/mol. The molecule has 0 atom stereocenters. The van der Waals surface area contributed by atoms with Gasteiger partial charge in [0.15, 0.2) is 0 Å². The number of hydrogen-bond acceptors (Lipinski definition) is 3. The van der Waals surface area contributed by atoms with Crippen LogP contribution in [0.1, 0.15) is 17.2 Å². The zero-order valence-corrected chi connectivity index (χ0v) is 7.60. The minimum atomic E-state index is 0.350. The standard InChI is InChI=1S/C8H10ClN3/c1-5-2-11-8(9)12-7(5)6-3-10-4-6/h2,6,10H,3-4H2,1H3. The van der Waals surface area contributed by atoms with Crippen molar-refractivity contribution in [1.82, 2.24) is 15.3 Å². The molecule has 1 N–H and O–H groups in total. The average Bonchev–Trinajstić information content (AvgIpc) is 1.93. The van der Waals surface area contributed by atoms with Crippen molar-refractivity contribution in [3.63, 3.8) is 0 Å². The van der Waals surface area contributed by atoms with E-state index >= 15 is 0 Å². The number of hydrogen-bond donors (Lipinski definition) is 1. The first-order valence-corrected chi connectivity index (χ1v) is 4.35. The Morgan fingerprint density at radius 1 is 1.58 bits per heavy atom. The molecule has 12 heavy (non-hydrogen) atoms. The Balaban J connectivity index is 2.34. The van der Waals surface area contributed by atoms with Gasteiger partial charge in [-0.2, -0.15) is 0 Å². The fourth-order valence-corrected chi connectivity index (χ4v) is 1.47. The maximum Gasteiger partial charge on any atom is 0.222 e. The molecule has 1 saturated heterocycles. The molecule has 0 unspecified atom stereocenters. The van der Waals surface area contributed by atoms with E-state index in [1.54, 1.807) is 6.20 Å². The third-order valence-corrected chi connectivity index (χ3v) is 2.33. The fraction of sp³-hybridized carbons (Fsp3) is 0.500. The molecule has 1 aliphatic rings. The summed E-state index contributed by atoms with van der Waals surface area (Å²) < 4.78 is 0. The van der Waals surface area contributed by atoms with E-state index in [-0.39, 0.29) is 0 Å². The molecule has 3 nitrogen and oxygen atoms in total. The van der Waals surface area contributed by atoms with Crippen LogP contribution in [-0.4, -0.2) is 23.1 Å². The van der Waals surface area contributed by atoms with E-state index in [9.17, 15) is 0 Å². The first kappa shape index (κ1) is 7.95. The SMILES string of the molecule is Cc1cnc(Cl)nc1C1CNC1. The normalized spacial score (nSPS) is 17.5. The Kier molecular flexibility index (Phi) is 1.98. The summed E-state index contributed by atoms with van der Waals surface area (Å²) in [6.07, 6.45) is 1.78. The molecule has 0 saturated carbocycles. The van der Waals surface area contributed by atoms with Crippen molar-refractivity contribution in [3.8, 4) is 0 Å². The van der Waals surface area contributed by atoms with Gasteiger partial charge in [0.05, 0.1) is 5.69 Å². The maximum absolute atomic E-state index is 5.70. The van der Waals surface area contributed by atoms with E-state index in [0.717, 1.165) is 24.3 Å². The maximum atomic E-state index is 5.70. The number of aromatic nitrogens is 2. The van der Waals surface area contributed by atoms with Gasteiger partial charge in [-0.15, -0.1) is 0 Å². The summed E-state index contributed by atoms with van der Waals surface area (Å²) in [5.41, 5.74) is 2.22. The molecule has 4 heteroatoms. The second-order valence-corrected chi connectivity index (χ2v) is 3.40. The third kappa shape index (κ3) is 1.30. The van der Waals surface area contributed by atoms with E-state index in [0.29, 0.717) is 11.2 Å². The summed E-state index contributed by atoms with van der Waals surface area (Å²) in [7, 11) is 0. The molecular weight excluding hydrogens is 174 g/mol. The molecule has 0 bridgehead atoms. The minimum absolute atomic E-state index is 0.350. The number of nitrogens with zero attached hydrogens (tertiary/aromatic N) is 2. The van der Waals surface area contributed by atoms with E-state index in [1.165, 1.54) is 0 Å². The Morgan fingerprint density at radius 2 is 2.33 bits per heavy atom. The first-order chi connectivity index (χ1) is 5.77. The van der Waals surface area contributed by atoms with Crippen LogP contribution in [0.5, 0.6) is 0 Å². The van der Waals surface area contributed by atoms with Crippen molar-refractivity contribution in [2.45, 2.75) is 12.8 Å². The zero-order chi connectivity index (χ0) is 8.55. The summed E-state index contributed by atoms with van der Waals surface area (Å²) in [6, 6.07) is 0. The lowest BCUT2D eigenvalue weighted by atomic mass is 9.96. The molecule has 64 valence electrons. The summed E-state index contributed by atoms with van der Waals surface area (Å²) in [4.78, 5) is 8.12.